The highest BCUT2D eigenvalue weighted by Crippen LogP contribution is 2.39. The third-order valence-corrected chi connectivity index (χ3v) is 6.20. The van der Waals surface area contributed by atoms with Crippen molar-refractivity contribution in [1.29, 1.82) is 0 Å². The van der Waals surface area contributed by atoms with E-state index in [2.05, 4.69) is 45.5 Å². The summed E-state index contributed by atoms with van der Waals surface area (Å²) in [6.45, 7) is 0.406. The zero-order valence-corrected chi connectivity index (χ0v) is 18.6. The summed E-state index contributed by atoms with van der Waals surface area (Å²) in [4.78, 5) is 12.5. The van der Waals surface area contributed by atoms with Crippen LogP contribution in [0.5, 0.6) is 11.5 Å². The number of methoxy groups -OCH3 is 1. The van der Waals surface area contributed by atoms with Crippen LogP contribution in [0.3, 0.4) is 0 Å². The highest BCUT2D eigenvalue weighted by molar-refractivity contribution is 9.10. The van der Waals surface area contributed by atoms with Gasteiger partial charge in [-0.15, -0.1) is 0 Å². The summed E-state index contributed by atoms with van der Waals surface area (Å²) in [5.74, 6) is 1.01. The van der Waals surface area contributed by atoms with Crippen LogP contribution in [-0.2, 0) is 11.4 Å². The van der Waals surface area contributed by atoms with Crippen LogP contribution in [0.4, 0.5) is 0 Å². The molecule has 4 nitrogen and oxygen atoms in total. The second-order valence-corrected chi connectivity index (χ2v) is 8.89. The quantitative estimate of drug-likeness (QED) is 0.372. The van der Waals surface area contributed by atoms with Crippen molar-refractivity contribution in [3.63, 3.8) is 0 Å². The van der Waals surface area contributed by atoms with Crippen LogP contribution in [-0.4, -0.2) is 17.3 Å². The van der Waals surface area contributed by atoms with Gasteiger partial charge in [0, 0.05) is 0 Å². The summed E-state index contributed by atoms with van der Waals surface area (Å²) in [6.07, 6.45) is 1.78. The van der Waals surface area contributed by atoms with Gasteiger partial charge >= 0.3 is 0 Å². The Kier molecular flexibility index (Phi) is 5.89. The fraction of sp³-hybridized carbons (Fsp3) is 0.0909. The number of amides is 1. The van der Waals surface area contributed by atoms with E-state index < -0.39 is 0 Å². The van der Waals surface area contributed by atoms with Crippen LogP contribution in [0.25, 0.3) is 16.8 Å². The van der Waals surface area contributed by atoms with E-state index in [9.17, 15) is 4.79 Å². The van der Waals surface area contributed by atoms with Gasteiger partial charge in [-0.3, -0.25) is 4.79 Å². The molecule has 1 N–H and O–H groups in total. The maximum atomic E-state index is 11.9. The standard InChI is InChI=1S/C22H16BrNO3S2/c1-26-18-10-13(11-19-21(25)24-22(28)29-19)9-17(23)20(18)27-12-15-7-4-6-14-5-2-3-8-16(14)15/h2-11H,12H2,1H3,(H,24,25,28)/b19-11-. The van der Waals surface area contributed by atoms with Crippen molar-refractivity contribution in [2.45, 2.75) is 6.61 Å². The Morgan fingerprint density at radius 3 is 2.72 bits per heavy atom. The molecule has 0 aliphatic carbocycles. The largest absolute Gasteiger partial charge is 0.493 e. The Hall–Kier alpha value is -2.35. The lowest BCUT2D eigenvalue weighted by Gasteiger charge is -2.15. The number of thioether (sulfide) groups is 1. The van der Waals surface area contributed by atoms with Gasteiger partial charge in [-0.25, -0.2) is 0 Å². The van der Waals surface area contributed by atoms with Gasteiger partial charge in [0.1, 0.15) is 10.9 Å². The van der Waals surface area contributed by atoms with Crippen LogP contribution < -0.4 is 14.8 Å². The molecule has 1 heterocycles. The maximum Gasteiger partial charge on any atom is 0.263 e. The van der Waals surface area contributed by atoms with Gasteiger partial charge in [0.25, 0.3) is 5.91 Å². The summed E-state index contributed by atoms with van der Waals surface area (Å²) in [5, 5.41) is 4.95. The Labute approximate surface area is 186 Å². The van der Waals surface area contributed by atoms with Crippen molar-refractivity contribution in [3.05, 3.63) is 75.1 Å². The average Bonchev–Trinajstić information content (AvgIpc) is 3.03. The number of hydrogen-bond acceptors (Lipinski definition) is 5. The molecule has 1 amide bonds. The number of thiocarbonyl (C=S) groups is 1. The molecule has 0 radical (unpaired) electrons. The predicted octanol–water partition coefficient (Wildman–Crippen LogP) is 5.68. The molecule has 0 atom stereocenters. The lowest BCUT2D eigenvalue weighted by Crippen LogP contribution is -2.17. The molecule has 29 heavy (non-hydrogen) atoms. The van der Waals surface area contributed by atoms with Gasteiger partial charge < -0.3 is 14.8 Å². The summed E-state index contributed by atoms with van der Waals surface area (Å²) >= 11 is 9.85. The van der Waals surface area contributed by atoms with Crippen molar-refractivity contribution in [2.24, 2.45) is 0 Å². The second kappa shape index (κ2) is 8.57. The molecule has 146 valence electrons. The van der Waals surface area contributed by atoms with Crippen molar-refractivity contribution in [1.82, 2.24) is 5.32 Å². The summed E-state index contributed by atoms with van der Waals surface area (Å²) < 4.78 is 12.9. The number of ether oxygens (including phenoxy) is 2. The fourth-order valence-corrected chi connectivity index (χ4v) is 4.72. The number of rotatable bonds is 5. The van der Waals surface area contributed by atoms with Gasteiger partial charge in [-0.1, -0.05) is 66.4 Å². The highest BCUT2D eigenvalue weighted by atomic mass is 79.9. The molecule has 1 fully saturated rings. The first-order valence-electron chi connectivity index (χ1n) is 8.77. The molecular weight excluding hydrogens is 470 g/mol. The van der Waals surface area contributed by atoms with Gasteiger partial charge in [-0.2, -0.15) is 0 Å². The molecule has 4 rings (SSSR count). The number of nitrogens with one attached hydrogen (secondary N) is 1. The van der Waals surface area contributed by atoms with Crippen LogP contribution in [0.1, 0.15) is 11.1 Å². The molecule has 1 aliphatic rings. The van der Waals surface area contributed by atoms with Crippen molar-refractivity contribution in [3.8, 4) is 11.5 Å². The van der Waals surface area contributed by atoms with E-state index in [1.54, 1.807) is 13.2 Å². The van der Waals surface area contributed by atoms with E-state index in [1.807, 2.05) is 30.3 Å². The number of benzene rings is 3. The first-order chi connectivity index (χ1) is 14.0. The smallest absolute Gasteiger partial charge is 0.263 e. The molecule has 3 aromatic rings. The van der Waals surface area contributed by atoms with E-state index in [1.165, 1.54) is 17.1 Å². The Balaban J connectivity index is 1.62. The van der Waals surface area contributed by atoms with Crippen molar-refractivity contribution in [2.75, 3.05) is 7.11 Å². The third-order valence-electron chi connectivity index (χ3n) is 4.44. The topological polar surface area (TPSA) is 47.6 Å². The molecule has 3 aromatic carbocycles. The first kappa shape index (κ1) is 19.9. The molecule has 1 saturated heterocycles. The van der Waals surface area contributed by atoms with Gasteiger partial charge in [0.15, 0.2) is 11.5 Å². The third kappa shape index (κ3) is 4.32. The number of fused-ring (bicyclic) bond motifs is 1. The minimum absolute atomic E-state index is 0.189. The Bertz CT molecular complexity index is 1150. The summed E-state index contributed by atoms with van der Waals surface area (Å²) in [7, 11) is 1.59. The van der Waals surface area contributed by atoms with E-state index in [-0.39, 0.29) is 5.91 Å². The second-order valence-electron chi connectivity index (χ2n) is 6.31. The molecule has 0 unspecified atom stereocenters. The summed E-state index contributed by atoms with van der Waals surface area (Å²) in [5.41, 5.74) is 1.91. The minimum Gasteiger partial charge on any atom is -0.493 e. The summed E-state index contributed by atoms with van der Waals surface area (Å²) in [6, 6.07) is 18.1. The molecule has 0 aromatic heterocycles. The van der Waals surface area contributed by atoms with E-state index in [4.69, 9.17) is 21.7 Å². The maximum absolute atomic E-state index is 11.9. The zero-order chi connectivity index (χ0) is 20.4. The molecule has 0 saturated carbocycles. The van der Waals surface area contributed by atoms with Gasteiger partial charge in [0.05, 0.1) is 16.5 Å². The molecule has 0 spiro atoms. The zero-order valence-electron chi connectivity index (χ0n) is 15.4. The first-order valence-corrected chi connectivity index (χ1v) is 10.8. The number of carbonyl (C=O) groups is 1. The van der Waals surface area contributed by atoms with Crippen LogP contribution in [0, 0.1) is 0 Å². The fourth-order valence-electron chi connectivity index (χ4n) is 3.10. The molecule has 1 aliphatic heterocycles. The highest BCUT2D eigenvalue weighted by Gasteiger charge is 2.22. The van der Waals surface area contributed by atoms with Gasteiger partial charge in [0.2, 0.25) is 0 Å². The Morgan fingerprint density at radius 2 is 1.97 bits per heavy atom. The van der Waals surface area contributed by atoms with Crippen LogP contribution in [0.15, 0.2) is 64.0 Å². The van der Waals surface area contributed by atoms with E-state index in [0.717, 1.165) is 21.0 Å². The number of hydrogen-bond donors (Lipinski definition) is 1. The lowest BCUT2D eigenvalue weighted by molar-refractivity contribution is -0.115. The predicted molar refractivity (Wildman–Crippen MR) is 125 cm³/mol. The Morgan fingerprint density at radius 1 is 1.17 bits per heavy atom. The van der Waals surface area contributed by atoms with Crippen molar-refractivity contribution < 1.29 is 14.3 Å². The molecule has 7 heteroatoms. The van der Waals surface area contributed by atoms with Crippen molar-refractivity contribution >= 4 is 67.0 Å². The molecule has 0 bridgehead atoms. The van der Waals surface area contributed by atoms with Gasteiger partial charge in [-0.05, 0) is 56.0 Å². The monoisotopic (exact) mass is 485 g/mol. The minimum atomic E-state index is -0.189. The molecular formula is C22H16BrNO3S2. The van der Waals surface area contributed by atoms with E-state index in [0.29, 0.717) is 27.3 Å². The number of halogens is 1. The average molecular weight is 486 g/mol. The van der Waals surface area contributed by atoms with Crippen LogP contribution in [0.2, 0.25) is 0 Å². The SMILES string of the molecule is COc1cc(/C=C2\SC(=S)NC2=O)cc(Br)c1OCc1cccc2ccccc12. The number of carbonyl (C=O) groups excluding carboxylic acids is 1. The normalized spacial score (nSPS) is 15.0. The van der Waals surface area contributed by atoms with Crippen LogP contribution >= 0.6 is 39.9 Å². The van der Waals surface area contributed by atoms with E-state index >= 15 is 0 Å². The lowest BCUT2D eigenvalue weighted by atomic mass is 10.1.